The van der Waals surface area contributed by atoms with Crippen molar-refractivity contribution in [3.05, 3.63) is 17.5 Å². The Kier molecular flexibility index (Phi) is 3.07. The zero-order chi connectivity index (χ0) is 10.8. The predicted molar refractivity (Wildman–Crippen MR) is 60.4 cm³/mol. The molecule has 0 aromatic carbocycles. The van der Waals surface area contributed by atoms with Crippen LogP contribution in [0.15, 0.2) is 6.07 Å². The average Bonchev–Trinajstić information content (AvgIpc) is 2.94. The Morgan fingerprint density at radius 3 is 2.80 bits per heavy atom. The Balaban J connectivity index is 2.01. The van der Waals surface area contributed by atoms with Crippen molar-refractivity contribution in [3.63, 3.8) is 0 Å². The highest BCUT2D eigenvalue weighted by atomic mass is 15.3. The van der Waals surface area contributed by atoms with Crippen LogP contribution in [0.5, 0.6) is 0 Å². The molecule has 0 aliphatic heterocycles. The second kappa shape index (κ2) is 4.33. The van der Waals surface area contributed by atoms with E-state index in [1.807, 2.05) is 18.7 Å². The van der Waals surface area contributed by atoms with Crippen LogP contribution in [0.3, 0.4) is 0 Å². The van der Waals surface area contributed by atoms with Gasteiger partial charge in [-0.2, -0.15) is 5.10 Å². The number of aromatic nitrogens is 2. The number of hydrogen-bond donors (Lipinski definition) is 1. The van der Waals surface area contributed by atoms with Crippen molar-refractivity contribution in [3.8, 4) is 0 Å². The van der Waals surface area contributed by atoms with Crippen LogP contribution >= 0.6 is 0 Å². The molecule has 1 aliphatic carbocycles. The molecule has 0 saturated heterocycles. The molecule has 2 rings (SSSR count). The Bertz CT molecular complexity index is 327. The van der Waals surface area contributed by atoms with Crippen LogP contribution in [0.4, 0.5) is 0 Å². The molecule has 0 radical (unpaired) electrons. The summed E-state index contributed by atoms with van der Waals surface area (Å²) in [5, 5.41) is 4.36. The lowest BCUT2D eigenvalue weighted by molar-refractivity contribution is 0.255. The van der Waals surface area contributed by atoms with Gasteiger partial charge < -0.3 is 5.73 Å². The summed E-state index contributed by atoms with van der Waals surface area (Å²) in [6.07, 6.45) is 2.66. The van der Waals surface area contributed by atoms with Crippen molar-refractivity contribution in [2.75, 3.05) is 13.1 Å². The standard InChI is InChI=1S/C11H20N4/c1-9-7-11(14(2)13-9)8-15(6-5-12)10-3-4-10/h7,10H,3-6,8,12H2,1-2H3. The predicted octanol–water partition coefficient (Wildman–Crippen LogP) is 0.652. The summed E-state index contributed by atoms with van der Waals surface area (Å²) in [6, 6.07) is 2.93. The monoisotopic (exact) mass is 208 g/mol. The zero-order valence-electron chi connectivity index (χ0n) is 9.61. The first kappa shape index (κ1) is 10.6. The minimum absolute atomic E-state index is 0.743. The summed E-state index contributed by atoms with van der Waals surface area (Å²) in [5.41, 5.74) is 8.01. The number of hydrogen-bond acceptors (Lipinski definition) is 3. The average molecular weight is 208 g/mol. The van der Waals surface area contributed by atoms with E-state index >= 15 is 0 Å². The van der Waals surface area contributed by atoms with Gasteiger partial charge in [-0.05, 0) is 25.8 Å². The molecule has 84 valence electrons. The third kappa shape index (κ3) is 2.58. The van der Waals surface area contributed by atoms with Gasteiger partial charge >= 0.3 is 0 Å². The van der Waals surface area contributed by atoms with Gasteiger partial charge in [0.05, 0.1) is 11.4 Å². The van der Waals surface area contributed by atoms with Crippen LogP contribution < -0.4 is 5.73 Å². The number of aryl methyl sites for hydroxylation is 2. The molecule has 1 aromatic rings. The van der Waals surface area contributed by atoms with Crippen LogP contribution in [0.1, 0.15) is 24.2 Å². The minimum atomic E-state index is 0.743. The minimum Gasteiger partial charge on any atom is -0.329 e. The summed E-state index contributed by atoms with van der Waals surface area (Å²) in [7, 11) is 2.01. The van der Waals surface area contributed by atoms with Gasteiger partial charge in [0.2, 0.25) is 0 Å². The van der Waals surface area contributed by atoms with E-state index in [0.29, 0.717) is 0 Å². The lowest BCUT2D eigenvalue weighted by Crippen LogP contribution is -2.31. The van der Waals surface area contributed by atoms with E-state index in [4.69, 9.17) is 5.73 Å². The Hall–Kier alpha value is -0.870. The molecule has 1 aliphatic rings. The lowest BCUT2D eigenvalue weighted by atomic mass is 10.3. The number of rotatable bonds is 5. The molecule has 0 amide bonds. The van der Waals surface area contributed by atoms with E-state index in [0.717, 1.165) is 31.4 Å². The van der Waals surface area contributed by atoms with E-state index in [9.17, 15) is 0 Å². The summed E-state index contributed by atoms with van der Waals surface area (Å²) < 4.78 is 1.97. The van der Waals surface area contributed by atoms with Gasteiger partial charge in [0.25, 0.3) is 0 Å². The SMILES string of the molecule is Cc1cc(CN(CCN)C2CC2)n(C)n1. The molecule has 0 unspecified atom stereocenters. The van der Waals surface area contributed by atoms with Crippen molar-refractivity contribution in [1.82, 2.24) is 14.7 Å². The maximum atomic E-state index is 5.63. The van der Waals surface area contributed by atoms with Crippen molar-refractivity contribution in [2.24, 2.45) is 12.8 Å². The van der Waals surface area contributed by atoms with Crippen LogP contribution in [0, 0.1) is 6.92 Å². The first-order chi connectivity index (χ1) is 7.20. The molecule has 1 aromatic heterocycles. The van der Waals surface area contributed by atoms with Gasteiger partial charge in [0.15, 0.2) is 0 Å². The summed E-state index contributed by atoms with van der Waals surface area (Å²) in [5.74, 6) is 0. The molecule has 0 atom stereocenters. The Morgan fingerprint density at radius 1 is 1.60 bits per heavy atom. The first-order valence-corrected chi connectivity index (χ1v) is 5.64. The fraction of sp³-hybridized carbons (Fsp3) is 0.727. The Morgan fingerprint density at radius 2 is 2.33 bits per heavy atom. The third-order valence-electron chi connectivity index (χ3n) is 2.94. The first-order valence-electron chi connectivity index (χ1n) is 5.64. The molecule has 2 N–H and O–H groups in total. The van der Waals surface area contributed by atoms with Gasteiger partial charge in [0, 0.05) is 32.7 Å². The molecule has 1 saturated carbocycles. The van der Waals surface area contributed by atoms with Crippen LogP contribution in [0.2, 0.25) is 0 Å². The van der Waals surface area contributed by atoms with Crippen molar-refractivity contribution in [1.29, 1.82) is 0 Å². The molecule has 1 fully saturated rings. The Labute approximate surface area is 91.1 Å². The molecule has 1 heterocycles. The highest BCUT2D eigenvalue weighted by Gasteiger charge is 2.28. The second-order valence-corrected chi connectivity index (χ2v) is 4.39. The lowest BCUT2D eigenvalue weighted by Gasteiger charge is -2.20. The normalized spacial score (nSPS) is 16.3. The van der Waals surface area contributed by atoms with Crippen LogP contribution in [-0.4, -0.2) is 33.8 Å². The van der Waals surface area contributed by atoms with E-state index in [1.165, 1.54) is 18.5 Å². The highest BCUT2D eigenvalue weighted by molar-refractivity contribution is 5.09. The maximum absolute atomic E-state index is 5.63. The molecular weight excluding hydrogens is 188 g/mol. The van der Waals surface area contributed by atoms with Crippen molar-refractivity contribution in [2.45, 2.75) is 32.4 Å². The van der Waals surface area contributed by atoms with Gasteiger partial charge in [-0.3, -0.25) is 9.58 Å². The smallest absolute Gasteiger partial charge is 0.0597 e. The fourth-order valence-electron chi connectivity index (χ4n) is 2.02. The van der Waals surface area contributed by atoms with E-state index in [1.54, 1.807) is 0 Å². The van der Waals surface area contributed by atoms with Crippen LogP contribution in [0.25, 0.3) is 0 Å². The van der Waals surface area contributed by atoms with Gasteiger partial charge in [-0.1, -0.05) is 0 Å². The number of nitrogens with two attached hydrogens (primary N) is 1. The summed E-state index contributed by atoms with van der Waals surface area (Å²) in [6.45, 7) is 4.76. The highest BCUT2D eigenvalue weighted by Crippen LogP contribution is 2.27. The summed E-state index contributed by atoms with van der Waals surface area (Å²) >= 11 is 0. The molecule has 4 nitrogen and oxygen atoms in total. The molecule has 0 spiro atoms. The molecular formula is C11H20N4. The molecule has 4 heteroatoms. The largest absolute Gasteiger partial charge is 0.329 e. The zero-order valence-corrected chi connectivity index (χ0v) is 9.61. The topological polar surface area (TPSA) is 47.1 Å². The second-order valence-electron chi connectivity index (χ2n) is 4.39. The number of nitrogens with zero attached hydrogens (tertiary/aromatic N) is 3. The van der Waals surface area contributed by atoms with Crippen LogP contribution in [-0.2, 0) is 13.6 Å². The van der Waals surface area contributed by atoms with E-state index in [-0.39, 0.29) is 0 Å². The van der Waals surface area contributed by atoms with Gasteiger partial charge in [-0.25, -0.2) is 0 Å². The molecule has 0 bridgehead atoms. The third-order valence-corrected chi connectivity index (χ3v) is 2.94. The van der Waals surface area contributed by atoms with E-state index < -0.39 is 0 Å². The molecule has 15 heavy (non-hydrogen) atoms. The van der Waals surface area contributed by atoms with E-state index in [2.05, 4.69) is 16.1 Å². The van der Waals surface area contributed by atoms with Crippen molar-refractivity contribution >= 4 is 0 Å². The van der Waals surface area contributed by atoms with Gasteiger partial charge in [-0.15, -0.1) is 0 Å². The fourth-order valence-corrected chi connectivity index (χ4v) is 2.02. The van der Waals surface area contributed by atoms with Crippen molar-refractivity contribution < 1.29 is 0 Å². The quantitative estimate of drug-likeness (QED) is 0.773. The summed E-state index contributed by atoms with van der Waals surface area (Å²) in [4.78, 5) is 2.47. The van der Waals surface area contributed by atoms with Gasteiger partial charge in [0.1, 0.15) is 0 Å². The maximum Gasteiger partial charge on any atom is 0.0597 e.